The number of rotatable bonds is 3. The van der Waals surface area contributed by atoms with Crippen LogP contribution in [0.25, 0.3) is 5.65 Å². The van der Waals surface area contributed by atoms with E-state index in [1.54, 1.807) is 12.4 Å². The lowest BCUT2D eigenvalue weighted by molar-refractivity contribution is 0.917. The first kappa shape index (κ1) is 9.77. The Hall–Kier alpha value is -2.43. The van der Waals surface area contributed by atoms with E-state index in [4.69, 9.17) is 0 Å². The molecule has 5 nitrogen and oxygen atoms in total. The van der Waals surface area contributed by atoms with Gasteiger partial charge in [-0.2, -0.15) is 10.2 Å². The zero-order valence-corrected chi connectivity index (χ0v) is 9.11. The molecule has 0 saturated heterocycles. The highest BCUT2D eigenvalue weighted by Crippen LogP contribution is 2.11. The SMILES string of the molecule is c1cnnc(CNc2cccc3nccn23)c1. The van der Waals surface area contributed by atoms with Crippen LogP contribution < -0.4 is 5.32 Å². The third kappa shape index (κ3) is 1.94. The molecule has 3 aromatic rings. The van der Waals surface area contributed by atoms with Crippen LogP contribution in [-0.2, 0) is 6.54 Å². The number of hydrogen-bond acceptors (Lipinski definition) is 4. The summed E-state index contributed by atoms with van der Waals surface area (Å²) in [4.78, 5) is 4.23. The number of fused-ring (bicyclic) bond motifs is 1. The highest BCUT2D eigenvalue weighted by Gasteiger charge is 2.00. The molecule has 0 atom stereocenters. The normalized spacial score (nSPS) is 10.6. The van der Waals surface area contributed by atoms with E-state index in [0.29, 0.717) is 6.54 Å². The summed E-state index contributed by atoms with van der Waals surface area (Å²) in [6.45, 7) is 0.644. The Kier molecular flexibility index (Phi) is 2.42. The summed E-state index contributed by atoms with van der Waals surface area (Å²) in [5, 5.41) is 11.2. The van der Waals surface area contributed by atoms with Gasteiger partial charge in [-0.3, -0.25) is 4.40 Å². The molecule has 3 aromatic heterocycles. The van der Waals surface area contributed by atoms with Crippen molar-refractivity contribution in [2.75, 3.05) is 5.32 Å². The van der Waals surface area contributed by atoms with Gasteiger partial charge in [-0.05, 0) is 24.3 Å². The topological polar surface area (TPSA) is 55.1 Å². The van der Waals surface area contributed by atoms with Crippen LogP contribution in [0.4, 0.5) is 5.82 Å². The van der Waals surface area contributed by atoms with Gasteiger partial charge in [0, 0.05) is 18.6 Å². The molecule has 1 N–H and O–H groups in total. The van der Waals surface area contributed by atoms with Gasteiger partial charge in [-0.1, -0.05) is 6.07 Å². The summed E-state index contributed by atoms with van der Waals surface area (Å²) in [5.74, 6) is 0.991. The first-order valence-electron chi connectivity index (χ1n) is 5.36. The fraction of sp³-hybridized carbons (Fsp3) is 0.0833. The van der Waals surface area contributed by atoms with Crippen LogP contribution in [0.15, 0.2) is 48.9 Å². The maximum Gasteiger partial charge on any atom is 0.138 e. The van der Waals surface area contributed by atoms with E-state index in [1.807, 2.05) is 40.9 Å². The van der Waals surface area contributed by atoms with E-state index in [-0.39, 0.29) is 0 Å². The molecule has 0 unspecified atom stereocenters. The number of imidazole rings is 1. The summed E-state index contributed by atoms with van der Waals surface area (Å²) in [5.41, 5.74) is 1.83. The molecule has 0 aromatic carbocycles. The second-order valence-electron chi connectivity index (χ2n) is 3.64. The third-order valence-electron chi connectivity index (χ3n) is 2.51. The van der Waals surface area contributed by atoms with Gasteiger partial charge in [0.1, 0.15) is 11.5 Å². The van der Waals surface area contributed by atoms with Crippen molar-refractivity contribution in [2.45, 2.75) is 6.54 Å². The van der Waals surface area contributed by atoms with Gasteiger partial charge in [0.05, 0.1) is 12.2 Å². The first-order chi connectivity index (χ1) is 8.43. The monoisotopic (exact) mass is 225 g/mol. The van der Waals surface area contributed by atoms with E-state index in [2.05, 4.69) is 20.5 Å². The minimum atomic E-state index is 0.644. The average molecular weight is 225 g/mol. The van der Waals surface area contributed by atoms with Crippen molar-refractivity contribution in [3.63, 3.8) is 0 Å². The van der Waals surface area contributed by atoms with Gasteiger partial charge < -0.3 is 5.32 Å². The van der Waals surface area contributed by atoms with Crippen molar-refractivity contribution in [3.8, 4) is 0 Å². The smallest absolute Gasteiger partial charge is 0.138 e. The van der Waals surface area contributed by atoms with Crippen molar-refractivity contribution in [1.29, 1.82) is 0 Å². The molecule has 3 heterocycles. The number of aromatic nitrogens is 4. The molecule has 0 saturated carbocycles. The maximum absolute atomic E-state index is 4.23. The summed E-state index contributed by atoms with van der Waals surface area (Å²) in [6, 6.07) is 9.76. The second kappa shape index (κ2) is 4.21. The van der Waals surface area contributed by atoms with Gasteiger partial charge in [0.15, 0.2) is 0 Å². The molecule has 0 aliphatic rings. The Morgan fingerprint density at radius 3 is 3.00 bits per heavy atom. The van der Waals surface area contributed by atoms with Gasteiger partial charge in [0.2, 0.25) is 0 Å². The molecule has 84 valence electrons. The minimum absolute atomic E-state index is 0.644. The molecule has 0 aliphatic carbocycles. The predicted molar refractivity (Wildman–Crippen MR) is 64.6 cm³/mol. The molecule has 0 radical (unpaired) electrons. The highest BCUT2D eigenvalue weighted by atomic mass is 15.1. The summed E-state index contributed by atoms with van der Waals surface area (Å²) < 4.78 is 2.00. The van der Waals surface area contributed by atoms with E-state index in [9.17, 15) is 0 Å². The zero-order chi connectivity index (χ0) is 11.5. The summed E-state index contributed by atoms with van der Waals surface area (Å²) in [7, 11) is 0. The van der Waals surface area contributed by atoms with Crippen molar-refractivity contribution >= 4 is 11.5 Å². The first-order valence-corrected chi connectivity index (χ1v) is 5.36. The zero-order valence-electron chi connectivity index (χ0n) is 9.11. The molecule has 3 rings (SSSR count). The molecule has 0 fully saturated rings. The Bertz CT molecular complexity index is 617. The molecule has 5 heteroatoms. The quantitative estimate of drug-likeness (QED) is 0.737. The Balaban J connectivity index is 1.84. The standard InChI is InChI=1S/C12H11N5/c1-4-11-13-7-8-17(11)12(5-1)14-9-10-3-2-6-15-16-10/h1-8,14H,9H2. The van der Waals surface area contributed by atoms with Crippen LogP contribution in [0.3, 0.4) is 0 Å². The maximum atomic E-state index is 4.23. The lowest BCUT2D eigenvalue weighted by atomic mass is 10.4. The fourth-order valence-electron chi connectivity index (χ4n) is 1.70. The van der Waals surface area contributed by atoms with Crippen LogP contribution in [0.2, 0.25) is 0 Å². The van der Waals surface area contributed by atoms with Gasteiger partial charge >= 0.3 is 0 Å². The lowest BCUT2D eigenvalue weighted by Crippen LogP contribution is -2.05. The number of anilines is 1. The molecule has 0 aliphatic heterocycles. The van der Waals surface area contributed by atoms with E-state index in [0.717, 1.165) is 17.2 Å². The van der Waals surface area contributed by atoms with Gasteiger partial charge in [-0.25, -0.2) is 4.98 Å². The lowest BCUT2D eigenvalue weighted by Gasteiger charge is -2.07. The molecular formula is C12H11N5. The Morgan fingerprint density at radius 2 is 2.12 bits per heavy atom. The van der Waals surface area contributed by atoms with E-state index >= 15 is 0 Å². The van der Waals surface area contributed by atoms with Crippen molar-refractivity contribution in [3.05, 3.63) is 54.6 Å². The molecule has 17 heavy (non-hydrogen) atoms. The number of nitrogens with one attached hydrogen (secondary N) is 1. The number of pyridine rings is 1. The second-order valence-corrected chi connectivity index (χ2v) is 3.64. The summed E-state index contributed by atoms with van der Waals surface area (Å²) >= 11 is 0. The molecular weight excluding hydrogens is 214 g/mol. The average Bonchev–Trinajstić information content (AvgIpc) is 2.86. The van der Waals surface area contributed by atoms with Crippen molar-refractivity contribution in [1.82, 2.24) is 19.6 Å². The predicted octanol–water partition coefficient (Wildman–Crippen LogP) is 1.74. The Labute approximate surface area is 98.1 Å². The van der Waals surface area contributed by atoms with E-state index in [1.165, 1.54) is 0 Å². The molecule has 0 spiro atoms. The van der Waals surface area contributed by atoms with Gasteiger partial charge in [0.25, 0.3) is 0 Å². The minimum Gasteiger partial charge on any atom is -0.365 e. The largest absolute Gasteiger partial charge is 0.365 e. The molecule has 0 amide bonds. The van der Waals surface area contributed by atoms with E-state index < -0.39 is 0 Å². The summed E-state index contributed by atoms with van der Waals surface area (Å²) in [6.07, 6.45) is 5.37. The fourth-order valence-corrected chi connectivity index (χ4v) is 1.70. The Morgan fingerprint density at radius 1 is 1.12 bits per heavy atom. The van der Waals surface area contributed by atoms with Gasteiger partial charge in [-0.15, -0.1) is 0 Å². The third-order valence-corrected chi connectivity index (χ3v) is 2.51. The van der Waals surface area contributed by atoms with Crippen LogP contribution in [0.1, 0.15) is 5.69 Å². The van der Waals surface area contributed by atoms with Crippen LogP contribution >= 0.6 is 0 Å². The van der Waals surface area contributed by atoms with Crippen LogP contribution in [-0.4, -0.2) is 19.6 Å². The van der Waals surface area contributed by atoms with Crippen molar-refractivity contribution in [2.24, 2.45) is 0 Å². The van der Waals surface area contributed by atoms with Crippen LogP contribution in [0.5, 0.6) is 0 Å². The van der Waals surface area contributed by atoms with Crippen molar-refractivity contribution < 1.29 is 0 Å². The molecule has 0 bridgehead atoms. The number of nitrogens with zero attached hydrogens (tertiary/aromatic N) is 4. The highest BCUT2D eigenvalue weighted by molar-refractivity contribution is 5.49. The van der Waals surface area contributed by atoms with Crippen LogP contribution in [0, 0.1) is 0 Å². The number of hydrogen-bond donors (Lipinski definition) is 1.